The van der Waals surface area contributed by atoms with Gasteiger partial charge in [0.15, 0.2) is 0 Å². The lowest BCUT2D eigenvalue weighted by molar-refractivity contribution is 0.215. The van der Waals surface area contributed by atoms with Crippen molar-refractivity contribution in [2.75, 3.05) is 5.32 Å². The third kappa shape index (κ3) is 3.52. The number of hydrogen-bond donors (Lipinski definition) is 1. The molecule has 0 radical (unpaired) electrons. The highest BCUT2D eigenvalue weighted by Gasteiger charge is 2.08. The monoisotopic (exact) mass is 289 g/mol. The number of amides is 1. The SMILES string of the molecule is Cc1cccc(NC(=O)Oc2cc(C)c(Cl)c(C)c2)c1. The van der Waals surface area contributed by atoms with Gasteiger partial charge in [-0.15, -0.1) is 0 Å². The van der Waals surface area contributed by atoms with Gasteiger partial charge in [0, 0.05) is 10.7 Å². The third-order valence-electron chi connectivity index (χ3n) is 2.88. The van der Waals surface area contributed by atoms with Gasteiger partial charge in [0.1, 0.15) is 5.75 Å². The number of benzene rings is 2. The zero-order valence-electron chi connectivity index (χ0n) is 11.7. The van der Waals surface area contributed by atoms with E-state index in [1.54, 1.807) is 12.1 Å². The molecular weight excluding hydrogens is 274 g/mol. The molecule has 3 nitrogen and oxygen atoms in total. The Labute approximate surface area is 123 Å². The second-order valence-electron chi connectivity index (χ2n) is 4.76. The first kappa shape index (κ1) is 14.4. The number of halogens is 1. The summed E-state index contributed by atoms with van der Waals surface area (Å²) in [5, 5.41) is 3.38. The number of rotatable bonds is 2. The van der Waals surface area contributed by atoms with Gasteiger partial charge >= 0.3 is 6.09 Å². The van der Waals surface area contributed by atoms with E-state index in [1.165, 1.54) is 0 Å². The fourth-order valence-electron chi connectivity index (χ4n) is 1.94. The van der Waals surface area contributed by atoms with Gasteiger partial charge < -0.3 is 4.74 Å². The first-order valence-electron chi connectivity index (χ1n) is 6.28. The normalized spacial score (nSPS) is 10.2. The number of nitrogens with one attached hydrogen (secondary N) is 1. The van der Waals surface area contributed by atoms with Crippen LogP contribution in [-0.4, -0.2) is 6.09 Å². The summed E-state index contributed by atoms with van der Waals surface area (Å²) in [6.07, 6.45) is -0.517. The van der Waals surface area contributed by atoms with Crippen LogP contribution in [0.2, 0.25) is 5.02 Å². The van der Waals surface area contributed by atoms with Crippen LogP contribution < -0.4 is 10.1 Å². The van der Waals surface area contributed by atoms with Crippen LogP contribution in [0.4, 0.5) is 10.5 Å². The zero-order chi connectivity index (χ0) is 14.7. The highest BCUT2D eigenvalue weighted by Crippen LogP contribution is 2.26. The number of hydrogen-bond acceptors (Lipinski definition) is 2. The summed E-state index contributed by atoms with van der Waals surface area (Å²) in [7, 11) is 0. The first-order chi connectivity index (χ1) is 9.45. The molecule has 0 bridgehead atoms. The minimum Gasteiger partial charge on any atom is -0.410 e. The summed E-state index contributed by atoms with van der Waals surface area (Å²) in [6, 6.07) is 11.0. The number of carbonyl (C=O) groups excluding carboxylic acids is 1. The van der Waals surface area contributed by atoms with E-state index in [9.17, 15) is 4.79 Å². The molecule has 20 heavy (non-hydrogen) atoms. The predicted octanol–water partition coefficient (Wildman–Crippen LogP) is 4.88. The van der Waals surface area contributed by atoms with Gasteiger partial charge in [-0.3, -0.25) is 5.32 Å². The van der Waals surface area contributed by atoms with Crippen molar-refractivity contribution < 1.29 is 9.53 Å². The average Bonchev–Trinajstić information content (AvgIpc) is 2.35. The van der Waals surface area contributed by atoms with Crippen molar-refractivity contribution in [3.8, 4) is 5.75 Å². The van der Waals surface area contributed by atoms with E-state index in [4.69, 9.17) is 16.3 Å². The Morgan fingerprint density at radius 2 is 1.75 bits per heavy atom. The molecule has 0 aliphatic heterocycles. The van der Waals surface area contributed by atoms with Gasteiger partial charge in [0.05, 0.1) is 0 Å². The molecule has 4 heteroatoms. The second-order valence-corrected chi connectivity index (χ2v) is 5.13. The Kier molecular flexibility index (Phi) is 4.30. The molecule has 104 valence electrons. The first-order valence-corrected chi connectivity index (χ1v) is 6.66. The van der Waals surface area contributed by atoms with Crippen molar-refractivity contribution in [2.45, 2.75) is 20.8 Å². The Bertz CT molecular complexity index is 630. The quantitative estimate of drug-likeness (QED) is 0.856. The zero-order valence-corrected chi connectivity index (χ0v) is 12.4. The Morgan fingerprint density at radius 3 is 2.35 bits per heavy atom. The summed E-state index contributed by atoms with van der Waals surface area (Å²) in [5.41, 5.74) is 3.54. The molecule has 2 aromatic carbocycles. The maximum atomic E-state index is 11.8. The molecule has 0 heterocycles. The fraction of sp³-hybridized carbons (Fsp3) is 0.188. The number of carbonyl (C=O) groups is 1. The van der Waals surface area contributed by atoms with Crippen LogP contribution in [0.15, 0.2) is 36.4 Å². The molecule has 0 saturated carbocycles. The Hall–Kier alpha value is -2.00. The van der Waals surface area contributed by atoms with Gasteiger partial charge in [-0.05, 0) is 61.7 Å². The molecule has 1 N–H and O–H groups in total. The molecule has 2 rings (SSSR count). The lowest BCUT2D eigenvalue weighted by Crippen LogP contribution is -2.16. The van der Waals surface area contributed by atoms with Crippen LogP contribution in [0.1, 0.15) is 16.7 Å². The van der Waals surface area contributed by atoms with E-state index < -0.39 is 6.09 Å². The van der Waals surface area contributed by atoms with E-state index in [2.05, 4.69) is 5.32 Å². The molecule has 0 aromatic heterocycles. The van der Waals surface area contributed by atoms with Crippen LogP contribution in [-0.2, 0) is 0 Å². The smallest absolute Gasteiger partial charge is 0.410 e. The molecule has 0 saturated heterocycles. The molecule has 0 aliphatic carbocycles. The highest BCUT2D eigenvalue weighted by atomic mass is 35.5. The Morgan fingerprint density at radius 1 is 1.10 bits per heavy atom. The Balaban J connectivity index is 2.09. The van der Waals surface area contributed by atoms with Crippen LogP contribution in [0.3, 0.4) is 0 Å². The summed E-state index contributed by atoms with van der Waals surface area (Å²) >= 11 is 6.08. The largest absolute Gasteiger partial charge is 0.417 e. The molecule has 0 unspecified atom stereocenters. The number of aryl methyl sites for hydroxylation is 3. The summed E-state index contributed by atoms with van der Waals surface area (Å²) in [4.78, 5) is 11.8. The van der Waals surface area contributed by atoms with E-state index >= 15 is 0 Å². The van der Waals surface area contributed by atoms with Crippen LogP contribution >= 0.6 is 11.6 Å². The standard InChI is InChI=1S/C16H16ClNO2/c1-10-5-4-6-13(7-10)18-16(19)20-14-8-11(2)15(17)12(3)9-14/h4-9H,1-3H3,(H,18,19). The topological polar surface area (TPSA) is 38.3 Å². The lowest BCUT2D eigenvalue weighted by Gasteiger charge is -2.10. The maximum absolute atomic E-state index is 11.8. The molecule has 0 fully saturated rings. The lowest BCUT2D eigenvalue weighted by atomic mass is 10.1. The van der Waals surface area contributed by atoms with E-state index in [0.717, 1.165) is 16.7 Å². The highest BCUT2D eigenvalue weighted by molar-refractivity contribution is 6.32. The van der Waals surface area contributed by atoms with Gasteiger partial charge in [0.25, 0.3) is 0 Å². The van der Waals surface area contributed by atoms with Crippen LogP contribution in [0, 0.1) is 20.8 Å². The average molecular weight is 290 g/mol. The maximum Gasteiger partial charge on any atom is 0.417 e. The van der Waals surface area contributed by atoms with Crippen molar-refractivity contribution in [1.29, 1.82) is 0 Å². The van der Waals surface area contributed by atoms with Crippen molar-refractivity contribution in [3.05, 3.63) is 58.1 Å². The molecule has 0 atom stereocenters. The molecule has 0 aliphatic rings. The summed E-state index contributed by atoms with van der Waals surface area (Å²) in [5.74, 6) is 0.481. The van der Waals surface area contributed by atoms with Crippen molar-refractivity contribution >= 4 is 23.4 Å². The fourth-order valence-corrected chi connectivity index (χ4v) is 2.05. The molecule has 0 spiro atoms. The summed E-state index contributed by atoms with van der Waals surface area (Å²) < 4.78 is 5.27. The molecule has 1 amide bonds. The van der Waals surface area contributed by atoms with E-state index in [0.29, 0.717) is 16.5 Å². The van der Waals surface area contributed by atoms with E-state index in [1.807, 2.05) is 45.0 Å². The molecular formula is C16H16ClNO2. The predicted molar refractivity (Wildman–Crippen MR) is 81.8 cm³/mol. The van der Waals surface area contributed by atoms with Crippen molar-refractivity contribution in [1.82, 2.24) is 0 Å². The van der Waals surface area contributed by atoms with Crippen molar-refractivity contribution in [3.63, 3.8) is 0 Å². The molecule has 2 aromatic rings. The van der Waals surface area contributed by atoms with E-state index in [-0.39, 0.29) is 0 Å². The van der Waals surface area contributed by atoms with Crippen LogP contribution in [0.25, 0.3) is 0 Å². The van der Waals surface area contributed by atoms with Crippen LogP contribution in [0.5, 0.6) is 5.75 Å². The van der Waals surface area contributed by atoms with Gasteiger partial charge in [0.2, 0.25) is 0 Å². The van der Waals surface area contributed by atoms with Gasteiger partial charge in [-0.1, -0.05) is 23.7 Å². The number of anilines is 1. The van der Waals surface area contributed by atoms with Gasteiger partial charge in [-0.2, -0.15) is 0 Å². The minimum atomic E-state index is -0.517. The van der Waals surface area contributed by atoms with Gasteiger partial charge in [-0.25, -0.2) is 4.79 Å². The third-order valence-corrected chi connectivity index (χ3v) is 3.48. The summed E-state index contributed by atoms with van der Waals surface area (Å²) in [6.45, 7) is 5.71. The van der Waals surface area contributed by atoms with Crippen molar-refractivity contribution in [2.24, 2.45) is 0 Å². The minimum absolute atomic E-state index is 0.481. The number of ether oxygens (including phenoxy) is 1. The second kappa shape index (κ2) is 5.97.